The van der Waals surface area contributed by atoms with E-state index in [4.69, 9.17) is 10.5 Å². The molecule has 1 heterocycles. The van der Waals surface area contributed by atoms with E-state index in [2.05, 4.69) is 0 Å². The zero-order valence-electron chi connectivity index (χ0n) is 13.4. The number of ether oxygens (including phenoxy) is 1. The van der Waals surface area contributed by atoms with E-state index in [0.717, 1.165) is 36.2 Å². The topological polar surface area (TPSA) is 35.2 Å². The first-order chi connectivity index (χ1) is 10.2. The smallest absolute Gasteiger partial charge is 0.0685 e. The molecular formula is C19H31NO. The highest BCUT2D eigenvalue weighted by molar-refractivity contribution is 5.15. The molecule has 2 N–H and O–H groups in total. The molecule has 0 aromatic heterocycles. The Balaban J connectivity index is 1.40. The molecule has 5 fully saturated rings. The molecule has 2 nitrogen and oxygen atoms in total. The molecule has 0 radical (unpaired) electrons. The van der Waals surface area contributed by atoms with Crippen LogP contribution in [0.4, 0.5) is 0 Å². The van der Waals surface area contributed by atoms with Crippen LogP contribution in [0.5, 0.6) is 0 Å². The molecule has 0 aromatic carbocycles. The van der Waals surface area contributed by atoms with Crippen molar-refractivity contribution in [3.05, 3.63) is 0 Å². The second-order valence-corrected chi connectivity index (χ2v) is 9.11. The summed E-state index contributed by atoms with van der Waals surface area (Å²) in [6.07, 6.45) is 15.2. The third-order valence-corrected chi connectivity index (χ3v) is 8.38. The predicted octanol–water partition coefficient (Wildman–Crippen LogP) is 3.88. The number of nitrogens with two attached hydrogens (primary N) is 1. The van der Waals surface area contributed by atoms with Gasteiger partial charge in [-0.15, -0.1) is 0 Å². The molecule has 5 rings (SSSR count). The van der Waals surface area contributed by atoms with Gasteiger partial charge in [-0.2, -0.15) is 0 Å². The molecule has 21 heavy (non-hydrogen) atoms. The van der Waals surface area contributed by atoms with Crippen LogP contribution >= 0.6 is 0 Å². The first-order valence-corrected chi connectivity index (χ1v) is 9.63. The standard InChI is InChI=1S/C19H31NO/c20-19(11-13-10-17(19)16-5-3-4-15(13)16)14-6-9-21-18(12-14)7-1-2-8-18/h13-17H,1-12,20H2. The summed E-state index contributed by atoms with van der Waals surface area (Å²) < 4.78 is 6.27. The normalized spacial score (nSPS) is 54.4. The third kappa shape index (κ3) is 1.78. The second kappa shape index (κ2) is 4.47. The van der Waals surface area contributed by atoms with Crippen LogP contribution in [0, 0.1) is 29.6 Å². The highest BCUT2D eigenvalue weighted by atomic mass is 16.5. The van der Waals surface area contributed by atoms with Crippen LogP contribution in [0.3, 0.4) is 0 Å². The minimum absolute atomic E-state index is 0.176. The van der Waals surface area contributed by atoms with Gasteiger partial charge in [0.2, 0.25) is 0 Å². The Bertz CT molecular complexity index is 429. The minimum atomic E-state index is 0.176. The van der Waals surface area contributed by atoms with Gasteiger partial charge in [0.05, 0.1) is 5.60 Å². The lowest BCUT2D eigenvalue weighted by Crippen LogP contribution is -2.58. The summed E-state index contributed by atoms with van der Waals surface area (Å²) in [7, 11) is 0. The van der Waals surface area contributed by atoms with E-state index in [1.54, 1.807) is 0 Å². The lowest BCUT2D eigenvalue weighted by Gasteiger charge is -2.50. The molecule has 6 atom stereocenters. The van der Waals surface area contributed by atoms with Crippen molar-refractivity contribution in [2.24, 2.45) is 35.3 Å². The maximum Gasteiger partial charge on any atom is 0.0685 e. The minimum Gasteiger partial charge on any atom is -0.375 e. The molecule has 1 spiro atoms. The first-order valence-electron chi connectivity index (χ1n) is 9.63. The van der Waals surface area contributed by atoms with Crippen molar-refractivity contribution in [1.29, 1.82) is 0 Å². The van der Waals surface area contributed by atoms with Crippen molar-refractivity contribution in [3.63, 3.8) is 0 Å². The Hall–Kier alpha value is -0.0800. The van der Waals surface area contributed by atoms with Crippen LogP contribution in [-0.2, 0) is 4.74 Å². The first kappa shape index (κ1) is 13.4. The molecule has 4 aliphatic carbocycles. The van der Waals surface area contributed by atoms with Crippen LogP contribution < -0.4 is 5.73 Å². The van der Waals surface area contributed by atoms with E-state index in [1.165, 1.54) is 70.6 Å². The molecule has 2 heteroatoms. The Morgan fingerprint density at radius 3 is 2.57 bits per heavy atom. The predicted molar refractivity (Wildman–Crippen MR) is 83.8 cm³/mol. The lowest BCUT2D eigenvalue weighted by molar-refractivity contribution is -0.113. The van der Waals surface area contributed by atoms with Gasteiger partial charge in [-0.25, -0.2) is 0 Å². The quantitative estimate of drug-likeness (QED) is 0.795. The van der Waals surface area contributed by atoms with E-state index in [1.807, 2.05) is 0 Å². The van der Waals surface area contributed by atoms with Gasteiger partial charge in [-0.1, -0.05) is 19.3 Å². The van der Waals surface area contributed by atoms with E-state index in [-0.39, 0.29) is 11.1 Å². The number of fused-ring (bicyclic) bond motifs is 5. The Kier molecular flexibility index (Phi) is 2.85. The molecule has 1 saturated heterocycles. The summed E-state index contributed by atoms with van der Waals surface area (Å²) in [5.74, 6) is 4.65. The van der Waals surface area contributed by atoms with E-state index in [9.17, 15) is 0 Å². The largest absolute Gasteiger partial charge is 0.375 e. The molecule has 0 aromatic rings. The van der Waals surface area contributed by atoms with Crippen LogP contribution in [0.2, 0.25) is 0 Å². The van der Waals surface area contributed by atoms with Gasteiger partial charge in [-0.3, -0.25) is 0 Å². The zero-order chi connectivity index (χ0) is 14.1. The molecule has 1 aliphatic heterocycles. The summed E-state index contributed by atoms with van der Waals surface area (Å²) in [5, 5.41) is 0. The Labute approximate surface area is 129 Å². The van der Waals surface area contributed by atoms with Crippen molar-refractivity contribution in [2.45, 2.75) is 81.8 Å². The van der Waals surface area contributed by atoms with Crippen LogP contribution in [0.15, 0.2) is 0 Å². The lowest BCUT2D eigenvalue weighted by atomic mass is 9.62. The van der Waals surface area contributed by atoms with Crippen molar-refractivity contribution in [2.75, 3.05) is 6.61 Å². The summed E-state index contributed by atoms with van der Waals surface area (Å²) in [6.45, 7) is 0.981. The van der Waals surface area contributed by atoms with Crippen molar-refractivity contribution in [3.8, 4) is 0 Å². The molecule has 118 valence electrons. The Morgan fingerprint density at radius 1 is 0.905 bits per heavy atom. The van der Waals surface area contributed by atoms with Gasteiger partial charge >= 0.3 is 0 Å². The van der Waals surface area contributed by atoms with E-state index < -0.39 is 0 Å². The highest BCUT2D eigenvalue weighted by Crippen LogP contribution is 2.64. The van der Waals surface area contributed by atoms with Gasteiger partial charge in [0.25, 0.3) is 0 Å². The van der Waals surface area contributed by atoms with Crippen molar-refractivity contribution < 1.29 is 4.74 Å². The SMILES string of the molecule is NC1(C2CCOC3(CCCC3)C2)CC2CC1C1CCCC21. The van der Waals surface area contributed by atoms with E-state index >= 15 is 0 Å². The van der Waals surface area contributed by atoms with Gasteiger partial charge < -0.3 is 10.5 Å². The maximum atomic E-state index is 7.17. The molecule has 4 saturated carbocycles. The molecule has 0 amide bonds. The third-order valence-electron chi connectivity index (χ3n) is 8.38. The van der Waals surface area contributed by atoms with Gasteiger partial charge in [0.15, 0.2) is 0 Å². The zero-order valence-corrected chi connectivity index (χ0v) is 13.4. The van der Waals surface area contributed by atoms with Gasteiger partial charge in [-0.05, 0) is 81.0 Å². The molecular weight excluding hydrogens is 258 g/mol. The number of hydrogen-bond donors (Lipinski definition) is 1. The fourth-order valence-corrected chi connectivity index (χ4v) is 7.56. The van der Waals surface area contributed by atoms with E-state index in [0.29, 0.717) is 0 Å². The van der Waals surface area contributed by atoms with Crippen LogP contribution in [-0.4, -0.2) is 17.7 Å². The fraction of sp³-hybridized carbons (Fsp3) is 1.00. The summed E-state index contributed by atoms with van der Waals surface area (Å²) in [5.41, 5.74) is 7.59. The monoisotopic (exact) mass is 289 g/mol. The van der Waals surface area contributed by atoms with Crippen molar-refractivity contribution in [1.82, 2.24) is 0 Å². The Morgan fingerprint density at radius 2 is 1.71 bits per heavy atom. The number of rotatable bonds is 1. The average molecular weight is 289 g/mol. The van der Waals surface area contributed by atoms with Gasteiger partial charge in [0.1, 0.15) is 0 Å². The summed E-state index contributed by atoms with van der Waals surface area (Å²) in [6, 6.07) is 0. The van der Waals surface area contributed by atoms with Crippen LogP contribution in [0.1, 0.15) is 70.6 Å². The molecule has 2 bridgehead atoms. The summed E-state index contributed by atoms with van der Waals surface area (Å²) >= 11 is 0. The summed E-state index contributed by atoms with van der Waals surface area (Å²) in [4.78, 5) is 0. The highest BCUT2D eigenvalue weighted by Gasteiger charge is 2.62. The average Bonchev–Trinajstić information content (AvgIpc) is 3.20. The van der Waals surface area contributed by atoms with Gasteiger partial charge in [0, 0.05) is 12.1 Å². The molecule has 6 unspecified atom stereocenters. The number of hydrogen-bond acceptors (Lipinski definition) is 2. The maximum absolute atomic E-state index is 7.17. The van der Waals surface area contributed by atoms with Crippen molar-refractivity contribution >= 4 is 0 Å². The second-order valence-electron chi connectivity index (χ2n) is 9.11. The fourth-order valence-electron chi connectivity index (χ4n) is 7.56. The van der Waals surface area contributed by atoms with Crippen LogP contribution in [0.25, 0.3) is 0 Å². The molecule has 5 aliphatic rings.